The van der Waals surface area contributed by atoms with Crippen LogP contribution >= 0.6 is 0 Å². The van der Waals surface area contributed by atoms with Crippen molar-refractivity contribution in [1.82, 2.24) is 0 Å². The highest BCUT2D eigenvalue weighted by atomic mass is 16.6. The number of esters is 1. The summed E-state index contributed by atoms with van der Waals surface area (Å²) in [6.07, 6.45) is 2.16. The Bertz CT molecular complexity index is 852. The van der Waals surface area contributed by atoms with Gasteiger partial charge in [0.15, 0.2) is 5.78 Å². The number of carbonyl (C=O) groups excluding carboxylic acids is 2. The second-order valence-corrected chi connectivity index (χ2v) is 8.42. The third-order valence-electron chi connectivity index (χ3n) is 5.64. The zero-order chi connectivity index (χ0) is 21.8. The molecule has 0 saturated carbocycles. The van der Waals surface area contributed by atoms with Gasteiger partial charge in [0, 0.05) is 49.1 Å². The molecule has 162 valence electrons. The third-order valence-corrected chi connectivity index (χ3v) is 5.64. The van der Waals surface area contributed by atoms with Crippen LogP contribution in [0.2, 0.25) is 0 Å². The molecule has 0 radical (unpaired) electrons. The van der Waals surface area contributed by atoms with Crippen LogP contribution < -0.4 is 4.90 Å². The van der Waals surface area contributed by atoms with E-state index in [0.29, 0.717) is 24.3 Å². The number of aliphatic imine (C=N–C) groups is 1. The number of anilines is 1. The average molecular weight is 413 g/mol. The summed E-state index contributed by atoms with van der Waals surface area (Å²) in [4.78, 5) is 32.7. The van der Waals surface area contributed by atoms with E-state index in [-0.39, 0.29) is 30.4 Å². The summed E-state index contributed by atoms with van der Waals surface area (Å²) >= 11 is 0. The molecular formula is C24H32N2O4. The van der Waals surface area contributed by atoms with E-state index in [0.717, 1.165) is 29.8 Å². The Labute approximate surface area is 179 Å². The molecule has 30 heavy (non-hydrogen) atoms. The van der Waals surface area contributed by atoms with Crippen LogP contribution in [0.15, 0.2) is 40.5 Å². The minimum atomic E-state index is -0.602. The Kier molecular flexibility index (Phi) is 7.08. The minimum Gasteiger partial charge on any atom is -0.463 e. The van der Waals surface area contributed by atoms with Gasteiger partial charge in [-0.25, -0.2) is 0 Å². The molecule has 1 aliphatic heterocycles. The van der Waals surface area contributed by atoms with Crippen LogP contribution in [0.4, 0.5) is 5.69 Å². The fourth-order valence-electron chi connectivity index (χ4n) is 4.17. The molecule has 0 fully saturated rings. The molecule has 1 aliphatic carbocycles. The minimum absolute atomic E-state index is 0.0808. The zero-order valence-corrected chi connectivity index (χ0v) is 18.6. The van der Waals surface area contributed by atoms with E-state index in [2.05, 4.69) is 4.99 Å². The molecular weight excluding hydrogens is 380 g/mol. The second-order valence-electron chi connectivity index (χ2n) is 8.42. The number of hydrogen-bond acceptors (Lipinski definition) is 6. The van der Waals surface area contributed by atoms with Crippen molar-refractivity contribution in [3.8, 4) is 0 Å². The van der Waals surface area contributed by atoms with E-state index in [4.69, 9.17) is 9.47 Å². The van der Waals surface area contributed by atoms with Gasteiger partial charge in [0.1, 0.15) is 12.5 Å². The van der Waals surface area contributed by atoms with E-state index in [1.54, 1.807) is 0 Å². The quantitative estimate of drug-likeness (QED) is 0.502. The molecule has 0 saturated heterocycles. The van der Waals surface area contributed by atoms with Crippen LogP contribution in [0.1, 0.15) is 51.5 Å². The van der Waals surface area contributed by atoms with Crippen LogP contribution in [0.3, 0.4) is 0 Å². The Hall–Kier alpha value is -2.47. The van der Waals surface area contributed by atoms with Gasteiger partial charge in [-0.1, -0.05) is 12.1 Å². The molecule has 3 rings (SSSR count). The van der Waals surface area contributed by atoms with Crippen molar-refractivity contribution in [1.29, 1.82) is 0 Å². The van der Waals surface area contributed by atoms with Gasteiger partial charge in [-0.05, 0) is 51.3 Å². The van der Waals surface area contributed by atoms with Crippen molar-refractivity contribution in [3.05, 3.63) is 41.1 Å². The van der Waals surface area contributed by atoms with E-state index in [9.17, 15) is 9.59 Å². The van der Waals surface area contributed by atoms with E-state index >= 15 is 0 Å². The van der Waals surface area contributed by atoms with Crippen LogP contribution in [0.25, 0.3) is 0 Å². The van der Waals surface area contributed by atoms with Gasteiger partial charge in [0.05, 0.1) is 12.7 Å². The molecule has 6 nitrogen and oxygen atoms in total. The van der Waals surface area contributed by atoms with Gasteiger partial charge in [0.2, 0.25) is 0 Å². The van der Waals surface area contributed by atoms with Gasteiger partial charge >= 0.3 is 5.97 Å². The van der Waals surface area contributed by atoms with Crippen molar-refractivity contribution >= 4 is 23.2 Å². The van der Waals surface area contributed by atoms with Crippen LogP contribution in [-0.4, -0.2) is 50.9 Å². The predicted molar refractivity (Wildman–Crippen MR) is 118 cm³/mol. The maximum atomic E-state index is 13.1. The largest absolute Gasteiger partial charge is 0.463 e. The molecule has 0 aromatic heterocycles. The summed E-state index contributed by atoms with van der Waals surface area (Å²) < 4.78 is 11.0. The summed E-state index contributed by atoms with van der Waals surface area (Å²) in [6.45, 7) is 6.28. The fraction of sp³-hybridized carbons (Fsp3) is 0.542. The molecule has 6 heteroatoms. The molecule has 2 aliphatic rings. The molecule has 0 bridgehead atoms. The van der Waals surface area contributed by atoms with Gasteiger partial charge in [-0.15, -0.1) is 0 Å². The predicted octanol–water partition coefficient (Wildman–Crippen LogP) is 3.90. The van der Waals surface area contributed by atoms with Gasteiger partial charge < -0.3 is 14.4 Å². The number of nitrogens with zero attached hydrogens (tertiary/aromatic N) is 2. The lowest BCUT2D eigenvalue weighted by Gasteiger charge is -2.34. The Morgan fingerprint density at radius 1 is 1.17 bits per heavy atom. The summed E-state index contributed by atoms with van der Waals surface area (Å²) in [5, 5.41) is 0. The molecule has 0 spiro atoms. The molecule has 0 amide bonds. The van der Waals surface area contributed by atoms with Crippen molar-refractivity contribution in [2.45, 2.75) is 52.1 Å². The lowest BCUT2D eigenvalue weighted by atomic mass is 9.72. The van der Waals surface area contributed by atoms with Crippen molar-refractivity contribution in [2.75, 3.05) is 32.2 Å². The summed E-state index contributed by atoms with van der Waals surface area (Å²) in [5.41, 5.74) is 4.23. The number of benzene rings is 1. The van der Waals surface area contributed by atoms with Crippen molar-refractivity contribution < 1.29 is 19.1 Å². The molecule has 1 unspecified atom stereocenters. The topological polar surface area (TPSA) is 68.2 Å². The zero-order valence-electron chi connectivity index (χ0n) is 18.6. The first kappa shape index (κ1) is 22.2. The number of rotatable bonds is 7. The van der Waals surface area contributed by atoms with E-state index in [1.165, 1.54) is 0 Å². The molecule has 1 aromatic carbocycles. The number of Topliss-reactive ketones (excluding diaryl/α,β-unsaturated/α-hetero) is 1. The smallest absolute Gasteiger partial charge is 0.315 e. The second kappa shape index (κ2) is 9.56. The van der Waals surface area contributed by atoms with Gasteiger partial charge in [0.25, 0.3) is 0 Å². The Balaban J connectivity index is 1.93. The standard InChI is InChI=1S/C24H32N2O4/c1-15(2)29-13-14-30-24(28)21-16(3)25-19-7-6-8-20(27)23(19)22(21)17-9-11-18(12-10-17)26(4)5/h9-12,15,21-22H,6-8,13-14H2,1-5H3/t21?,22-/m1/s1. The van der Waals surface area contributed by atoms with Crippen LogP contribution in [0, 0.1) is 5.92 Å². The van der Waals surface area contributed by atoms with Crippen LogP contribution in [0.5, 0.6) is 0 Å². The maximum Gasteiger partial charge on any atom is 0.315 e. The van der Waals surface area contributed by atoms with Gasteiger partial charge in [-0.2, -0.15) is 0 Å². The summed E-state index contributed by atoms with van der Waals surface area (Å²) in [7, 11) is 3.97. The molecule has 1 heterocycles. The summed E-state index contributed by atoms with van der Waals surface area (Å²) in [6, 6.07) is 8.05. The number of ketones is 1. The van der Waals surface area contributed by atoms with E-state index < -0.39 is 5.92 Å². The first-order chi connectivity index (χ1) is 14.3. The van der Waals surface area contributed by atoms with Crippen LogP contribution in [-0.2, 0) is 19.1 Å². The Morgan fingerprint density at radius 2 is 1.87 bits per heavy atom. The third kappa shape index (κ3) is 4.81. The highest BCUT2D eigenvalue weighted by molar-refractivity contribution is 6.08. The SMILES string of the molecule is CC1=NC2=C(C(=O)CCC2)[C@H](c2ccc(N(C)C)cc2)C1C(=O)OCCOC(C)C. The van der Waals surface area contributed by atoms with E-state index in [1.807, 2.05) is 64.0 Å². The van der Waals surface area contributed by atoms with Crippen molar-refractivity contribution in [2.24, 2.45) is 10.9 Å². The first-order valence-electron chi connectivity index (χ1n) is 10.7. The average Bonchev–Trinajstić information content (AvgIpc) is 2.70. The fourth-order valence-corrected chi connectivity index (χ4v) is 4.17. The highest BCUT2D eigenvalue weighted by Gasteiger charge is 2.43. The normalized spacial score (nSPS) is 21.4. The number of allylic oxidation sites excluding steroid dienone is 2. The number of hydrogen-bond donors (Lipinski definition) is 0. The molecule has 2 atom stereocenters. The number of ether oxygens (including phenoxy) is 2. The lowest BCUT2D eigenvalue weighted by molar-refractivity contribution is -0.148. The maximum absolute atomic E-state index is 13.1. The summed E-state index contributed by atoms with van der Waals surface area (Å²) in [5.74, 6) is -1.22. The number of carbonyl (C=O) groups is 2. The Morgan fingerprint density at radius 3 is 2.50 bits per heavy atom. The first-order valence-corrected chi connectivity index (χ1v) is 10.7. The highest BCUT2D eigenvalue weighted by Crippen LogP contribution is 2.43. The monoisotopic (exact) mass is 412 g/mol. The van der Waals surface area contributed by atoms with Gasteiger partial charge in [-0.3, -0.25) is 14.6 Å². The molecule has 0 N–H and O–H groups in total. The van der Waals surface area contributed by atoms with Crippen molar-refractivity contribution in [3.63, 3.8) is 0 Å². The lowest BCUT2D eigenvalue weighted by Crippen LogP contribution is -2.37. The molecule has 1 aromatic rings.